The molecule has 104 valence electrons. The lowest BCUT2D eigenvalue weighted by molar-refractivity contribution is -0.384. The molecule has 1 heterocycles. The Labute approximate surface area is 113 Å². The summed E-state index contributed by atoms with van der Waals surface area (Å²) < 4.78 is 26.8. The molecule has 0 unspecified atom stereocenters. The van der Waals surface area contributed by atoms with Crippen molar-refractivity contribution in [3.8, 4) is 0 Å². The zero-order valence-corrected chi connectivity index (χ0v) is 10.6. The Kier molecular flexibility index (Phi) is 3.88. The first-order valence-electron chi connectivity index (χ1n) is 5.76. The Morgan fingerprint density at radius 3 is 2.75 bits per heavy atom. The maximum atomic E-state index is 13.7. The number of rotatable bonds is 4. The largest absolute Gasteiger partial charge is 0.373 e. The van der Waals surface area contributed by atoms with Crippen LogP contribution in [0.25, 0.3) is 0 Å². The monoisotopic (exact) mass is 279 g/mol. The Morgan fingerprint density at radius 2 is 2.10 bits per heavy atom. The summed E-state index contributed by atoms with van der Waals surface area (Å²) in [5.41, 5.74) is 0.668. The maximum Gasteiger partial charge on any atom is 0.295 e. The van der Waals surface area contributed by atoms with Crippen molar-refractivity contribution in [1.29, 1.82) is 0 Å². The molecule has 0 spiro atoms. The fourth-order valence-corrected chi connectivity index (χ4v) is 1.73. The smallest absolute Gasteiger partial charge is 0.295 e. The van der Waals surface area contributed by atoms with E-state index in [1.807, 2.05) is 6.92 Å². The molecule has 1 aromatic carbocycles. The summed E-state index contributed by atoms with van der Waals surface area (Å²) in [7, 11) is 0. The highest BCUT2D eigenvalue weighted by Gasteiger charge is 2.21. The number of pyridine rings is 1. The van der Waals surface area contributed by atoms with E-state index >= 15 is 0 Å². The van der Waals surface area contributed by atoms with E-state index in [2.05, 4.69) is 10.3 Å². The fraction of sp³-hybridized carbons (Fsp3) is 0.154. The van der Waals surface area contributed by atoms with Crippen molar-refractivity contribution in [1.82, 2.24) is 4.98 Å². The van der Waals surface area contributed by atoms with Gasteiger partial charge in [-0.15, -0.1) is 0 Å². The molecule has 1 aromatic heterocycles. The van der Waals surface area contributed by atoms with E-state index in [-0.39, 0.29) is 6.54 Å². The number of aromatic nitrogens is 1. The van der Waals surface area contributed by atoms with Crippen LogP contribution in [-0.2, 0) is 6.54 Å². The highest BCUT2D eigenvalue weighted by atomic mass is 19.2. The molecule has 0 aliphatic carbocycles. The SMILES string of the molecule is Cc1ccncc1CNc1c([N+](=O)[O-])ccc(F)c1F. The normalized spacial score (nSPS) is 10.3. The topological polar surface area (TPSA) is 68.1 Å². The van der Waals surface area contributed by atoms with Crippen LogP contribution in [0.3, 0.4) is 0 Å². The Bertz CT molecular complexity index is 662. The molecule has 0 fully saturated rings. The van der Waals surface area contributed by atoms with E-state index in [0.717, 1.165) is 23.3 Å². The molecular weight excluding hydrogens is 268 g/mol. The molecule has 0 radical (unpaired) electrons. The van der Waals surface area contributed by atoms with Crippen LogP contribution < -0.4 is 5.32 Å². The third-order valence-electron chi connectivity index (χ3n) is 2.87. The first kappa shape index (κ1) is 13.9. The molecule has 1 N–H and O–H groups in total. The predicted molar refractivity (Wildman–Crippen MR) is 69.3 cm³/mol. The zero-order valence-electron chi connectivity index (χ0n) is 10.6. The van der Waals surface area contributed by atoms with Crippen molar-refractivity contribution < 1.29 is 13.7 Å². The van der Waals surface area contributed by atoms with Crippen LogP contribution in [0.4, 0.5) is 20.2 Å². The third-order valence-corrected chi connectivity index (χ3v) is 2.87. The number of hydrogen-bond acceptors (Lipinski definition) is 4. The quantitative estimate of drug-likeness (QED) is 0.689. The number of aryl methyl sites for hydroxylation is 1. The van der Waals surface area contributed by atoms with Crippen LogP contribution in [0.5, 0.6) is 0 Å². The molecule has 0 atom stereocenters. The van der Waals surface area contributed by atoms with E-state index in [4.69, 9.17) is 0 Å². The average Bonchev–Trinajstić information content (AvgIpc) is 2.41. The second-order valence-corrected chi connectivity index (χ2v) is 4.17. The van der Waals surface area contributed by atoms with Gasteiger partial charge in [0.15, 0.2) is 17.3 Å². The van der Waals surface area contributed by atoms with E-state index < -0.39 is 27.9 Å². The summed E-state index contributed by atoms with van der Waals surface area (Å²) in [6.45, 7) is 1.94. The van der Waals surface area contributed by atoms with E-state index in [9.17, 15) is 18.9 Å². The maximum absolute atomic E-state index is 13.7. The van der Waals surface area contributed by atoms with Gasteiger partial charge < -0.3 is 5.32 Å². The average molecular weight is 279 g/mol. The van der Waals surface area contributed by atoms with Gasteiger partial charge in [0.05, 0.1) is 4.92 Å². The molecule has 2 aromatic rings. The molecule has 0 aliphatic heterocycles. The molecule has 7 heteroatoms. The van der Waals surface area contributed by atoms with Gasteiger partial charge >= 0.3 is 0 Å². The molecule has 0 aliphatic rings. The zero-order chi connectivity index (χ0) is 14.7. The van der Waals surface area contributed by atoms with Crippen LogP contribution >= 0.6 is 0 Å². The minimum Gasteiger partial charge on any atom is -0.373 e. The second kappa shape index (κ2) is 5.60. The molecule has 0 saturated carbocycles. The number of nitro benzene ring substituents is 1. The Balaban J connectivity index is 2.31. The van der Waals surface area contributed by atoms with Crippen molar-refractivity contribution in [2.75, 3.05) is 5.32 Å². The van der Waals surface area contributed by atoms with Crippen molar-refractivity contribution in [2.45, 2.75) is 13.5 Å². The lowest BCUT2D eigenvalue weighted by Gasteiger charge is -2.10. The van der Waals surface area contributed by atoms with E-state index in [1.54, 1.807) is 18.5 Å². The number of nitro groups is 1. The Morgan fingerprint density at radius 1 is 1.35 bits per heavy atom. The van der Waals surface area contributed by atoms with Crippen LogP contribution in [-0.4, -0.2) is 9.91 Å². The first-order valence-corrected chi connectivity index (χ1v) is 5.76. The van der Waals surface area contributed by atoms with Gasteiger partial charge in [0.1, 0.15) is 0 Å². The van der Waals surface area contributed by atoms with Crippen molar-refractivity contribution in [3.05, 3.63) is 63.5 Å². The summed E-state index contributed by atoms with van der Waals surface area (Å²) in [5.74, 6) is -2.40. The molecule has 5 nitrogen and oxygen atoms in total. The van der Waals surface area contributed by atoms with Crippen LogP contribution in [0.15, 0.2) is 30.6 Å². The summed E-state index contributed by atoms with van der Waals surface area (Å²) in [6.07, 6.45) is 3.16. The number of hydrogen-bond donors (Lipinski definition) is 1. The van der Waals surface area contributed by atoms with Gasteiger partial charge in [0.2, 0.25) is 0 Å². The molecule has 2 rings (SSSR count). The number of halogens is 2. The highest BCUT2D eigenvalue weighted by molar-refractivity contribution is 5.62. The van der Waals surface area contributed by atoms with Gasteiger partial charge in [0, 0.05) is 25.0 Å². The van der Waals surface area contributed by atoms with Crippen molar-refractivity contribution in [2.24, 2.45) is 0 Å². The second-order valence-electron chi connectivity index (χ2n) is 4.17. The van der Waals surface area contributed by atoms with E-state index in [0.29, 0.717) is 0 Å². The molecular formula is C13H11F2N3O2. The van der Waals surface area contributed by atoms with Crippen molar-refractivity contribution >= 4 is 11.4 Å². The lowest BCUT2D eigenvalue weighted by Crippen LogP contribution is -2.07. The first-order chi connectivity index (χ1) is 9.50. The number of nitrogens with zero attached hydrogens (tertiary/aromatic N) is 2. The number of benzene rings is 1. The number of nitrogens with one attached hydrogen (secondary N) is 1. The summed E-state index contributed by atoms with van der Waals surface area (Å²) in [4.78, 5) is 14.0. The summed E-state index contributed by atoms with van der Waals surface area (Å²) in [5, 5.41) is 13.4. The van der Waals surface area contributed by atoms with E-state index in [1.165, 1.54) is 0 Å². The molecule has 20 heavy (non-hydrogen) atoms. The predicted octanol–water partition coefficient (Wildman–Crippen LogP) is 3.19. The van der Waals surface area contributed by atoms with Crippen molar-refractivity contribution in [3.63, 3.8) is 0 Å². The standard InChI is InChI=1S/C13H11F2N3O2/c1-8-4-5-16-6-9(8)7-17-13-11(18(19)20)3-2-10(14)12(13)15/h2-6,17H,7H2,1H3. The van der Waals surface area contributed by atoms with Crippen LogP contribution in [0.2, 0.25) is 0 Å². The van der Waals surface area contributed by atoms with Gasteiger partial charge in [0.25, 0.3) is 5.69 Å². The lowest BCUT2D eigenvalue weighted by atomic mass is 10.1. The van der Waals surface area contributed by atoms with Crippen LogP contribution in [0.1, 0.15) is 11.1 Å². The minimum atomic E-state index is -1.26. The summed E-state index contributed by atoms with van der Waals surface area (Å²) >= 11 is 0. The third kappa shape index (κ3) is 2.71. The number of anilines is 1. The van der Waals surface area contributed by atoms with Gasteiger partial charge in [-0.3, -0.25) is 15.1 Å². The van der Waals surface area contributed by atoms with Gasteiger partial charge in [-0.2, -0.15) is 0 Å². The molecule has 0 amide bonds. The Hall–Kier alpha value is -2.57. The summed E-state index contributed by atoms with van der Waals surface area (Å²) in [6, 6.07) is 3.41. The van der Waals surface area contributed by atoms with Gasteiger partial charge in [-0.05, 0) is 30.2 Å². The molecule has 0 bridgehead atoms. The van der Waals surface area contributed by atoms with Gasteiger partial charge in [-0.1, -0.05) is 0 Å². The van der Waals surface area contributed by atoms with Crippen LogP contribution in [0, 0.1) is 28.7 Å². The van der Waals surface area contributed by atoms with Gasteiger partial charge in [-0.25, -0.2) is 8.78 Å². The highest BCUT2D eigenvalue weighted by Crippen LogP contribution is 2.29. The fourth-order valence-electron chi connectivity index (χ4n) is 1.73. The minimum absolute atomic E-state index is 0.112. The molecule has 0 saturated heterocycles.